The number of halogens is 1. The fourth-order valence-corrected chi connectivity index (χ4v) is 15.9. The molecule has 8 heteroatoms. The Bertz CT molecular complexity index is 1620. The second-order valence-corrected chi connectivity index (χ2v) is 22.9. The van der Waals surface area contributed by atoms with Gasteiger partial charge in [-0.15, -0.1) is 0 Å². The average molecular weight is 755 g/mol. The molecule has 0 aromatic rings. The van der Waals surface area contributed by atoms with Crippen LogP contribution in [-0.4, -0.2) is 68.4 Å². The summed E-state index contributed by atoms with van der Waals surface area (Å²) in [5, 5.41) is 4.11. The Morgan fingerprint density at radius 3 is 2.17 bits per heavy atom. The number of carbonyl (C=O) groups excluding carboxylic acids is 2. The van der Waals surface area contributed by atoms with Crippen LogP contribution in [0.5, 0.6) is 0 Å². The quantitative estimate of drug-likeness (QED) is 0.261. The molecule has 1 N–H and O–H groups in total. The van der Waals surface area contributed by atoms with Gasteiger partial charge in [0.2, 0.25) is 0 Å². The summed E-state index contributed by atoms with van der Waals surface area (Å²) in [6.07, 6.45) is 21.8. The van der Waals surface area contributed by atoms with Gasteiger partial charge in [0.1, 0.15) is 15.5 Å². The van der Waals surface area contributed by atoms with Gasteiger partial charge in [0, 0.05) is 24.9 Å². The zero-order valence-electron chi connectivity index (χ0n) is 34.4. The molecule has 6 nitrogen and oxygen atoms in total. The minimum Gasteiger partial charge on any atom is -0.310 e. The van der Waals surface area contributed by atoms with Gasteiger partial charge in [-0.05, 0) is 179 Å². The molecule has 298 valence electrons. The van der Waals surface area contributed by atoms with Crippen molar-refractivity contribution in [3.63, 3.8) is 0 Å². The van der Waals surface area contributed by atoms with Crippen molar-refractivity contribution >= 4 is 16.0 Å². The highest BCUT2D eigenvalue weighted by atomic mass is 32.2. The number of sulfone groups is 1. The largest absolute Gasteiger partial charge is 0.373 e. The molecule has 0 bridgehead atoms. The Morgan fingerprint density at radius 2 is 1.57 bits per heavy atom. The summed E-state index contributed by atoms with van der Waals surface area (Å²) in [7, 11) is -2.94. The zero-order valence-corrected chi connectivity index (χ0v) is 35.2. The van der Waals surface area contributed by atoms with Crippen molar-refractivity contribution in [1.82, 2.24) is 10.2 Å². The molecular weight excluding hydrogens is 684 g/mol. The van der Waals surface area contributed by atoms with Crippen LogP contribution in [0.2, 0.25) is 0 Å². The maximum atomic E-state index is 14.8. The van der Waals surface area contributed by atoms with E-state index < -0.39 is 15.5 Å². The standard InChI is InChI=1S/C44H71FN2O2S.CO2/c1-30(2)33-14-23-44(46-26-29-47-27-17-32(18-28-47)50(9,48)49)25-24-42(7)35(38(33)44)10-11-37-41(6)21-15-34(31-12-19-40(5,45)20-13-31)39(3,4)36(41)16-22-43(37,42)8;2-1-3/h12,15,32-33,35-38,46H,1,10-11,13-14,16-29H2,2-9H3;/t33-,35+,36-,37+,38+,40?,41-,42+,43+,44-;/m0./s1. The van der Waals surface area contributed by atoms with Gasteiger partial charge in [-0.1, -0.05) is 58.9 Å². The van der Waals surface area contributed by atoms with E-state index >= 15 is 0 Å². The van der Waals surface area contributed by atoms with Gasteiger partial charge < -0.3 is 10.2 Å². The van der Waals surface area contributed by atoms with E-state index in [1.807, 2.05) is 0 Å². The molecule has 0 aromatic carbocycles. The van der Waals surface area contributed by atoms with Crippen LogP contribution in [0.25, 0.3) is 0 Å². The lowest BCUT2D eigenvalue weighted by Gasteiger charge is -2.72. The Hall–Kier alpha value is -1.60. The molecule has 7 aliphatic rings. The molecule has 10 atom stereocenters. The molecule has 0 amide bonds. The summed E-state index contributed by atoms with van der Waals surface area (Å²) in [5.74, 6) is 3.34. The topological polar surface area (TPSA) is 83.6 Å². The number of fused-ring (bicyclic) bond motifs is 7. The van der Waals surface area contributed by atoms with E-state index in [1.54, 1.807) is 12.5 Å². The number of piperidine rings is 1. The SMILES string of the molecule is C=C(C)[C@@H]1CC[C@]2(NCCN3CCC(S(C)(=O)=O)CC3)CC[C@]3(C)[C@H](CC[C@@H]4[C@@]5(C)CC=C(C6=CCC(C)(F)CC6)C(C)(C)[C@@H]5CC[C@]43C)[C@@H]12.O=C=O. The maximum absolute atomic E-state index is 14.8. The number of likely N-dealkylation sites (tertiary alicyclic amines) is 1. The Kier molecular flexibility index (Phi) is 11.2. The predicted molar refractivity (Wildman–Crippen MR) is 211 cm³/mol. The van der Waals surface area contributed by atoms with Gasteiger partial charge in [0.05, 0.1) is 5.25 Å². The van der Waals surface area contributed by atoms with Crippen molar-refractivity contribution in [3.8, 4) is 0 Å². The predicted octanol–water partition coefficient (Wildman–Crippen LogP) is 9.29. The van der Waals surface area contributed by atoms with Crippen molar-refractivity contribution < 1.29 is 22.4 Å². The summed E-state index contributed by atoms with van der Waals surface area (Å²) in [5.41, 5.74) is 4.57. The number of hydrogen-bond donors (Lipinski definition) is 1. The van der Waals surface area contributed by atoms with Crippen LogP contribution in [-0.2, 0) is 19.4 Å². The molecular formula is C45H71FN2O4S. The number of nitrogens with zero attached hydrogens (tertiary/aromatic N) is 1. The first-order valence-electron chi connectivity index (χ1n) is 21.1. The van der Waals surface area contributed by atoms with Crippen LogP contribution >= 0.6 is 0 Å². The first-order valence-corrected chi connectivity index (χ1v) is 23.0. The number of hydrogen-bond acceptors (Lipinski definition) is 6. The van der Waals surface area contributed by atoms with E-state index in [1.165, 1.54) is 75.2 Å². The lowest BCUT2D eigenvalue weighted by Crippen LogP contribution is -2.68. The normalized spacial score (nSPS) is 44.1. The van der Waals surface area contributed by atoms with Crippen molar-refractivity contribution in [2.24, 2.45) is 51.2 Å². The van der Waals surface area contributed by atoms with Crippen LogP contribution in [0.1, 0.15) is 138 Å². The second kappa shape index (κ2) is 14.4. The van der Waals surface area contributed by atoms with Crippen molar-refractivity contribution in [1.29, 1.82) is 0 Å². The highest BCUT2D eigenvalue weighted by Gasteiger charge is 2.70. The van der Waals surface area contributed by atoms with E-state index in [4.69, 9.17) is 9.59 Å². The smallest absolute Gasteiger partial charge is 0.310 e. The Morgan fingerprint density at radius 1 is 0.887 bits per heavy atom. The van der Waals surface area contributed by atoms with Crippen molar-refractivity contribution in [3.05, 3.63) is 35.5 Å². The fraction of sp³-hybridized carbons (Fsp3) is 0.844. The first-order chi connectivity index (χ1) is 24.7. The Balaban J connectivity index is 0.00000155. The molecule has 0 aromatic heterocycles. The number of rotatable bonds is 7. The van der Waals surface area contributed by atoms with Gasteiger partial charge in [0.25, 0.3) is 0 Å². The van der Waals surface area contributed by atoms with Gasteiger partial charge in [-0.3, -0.25) is 0 Å². The van der Waals surface area contributed by atoms with E-state index in [-0.39, 0.29) is 22.4 Å². The van der Waals surface area contributed by atoms with Crippen LogP contribution < -0.4 is 5.32 Å². The molecule has 1 aliphatic heterocycles. The number of allylic oxidation sites excluding steroid dienone is 5. The number of nitrogens with one attached hydrogen (secondary N) is 1. The number of alkyl halides is 1. The van der Waals surface area contributed by atoms with Crippen molar-refractivity contribution in [2.45, 2.75) is 155 Å². The Labute approximate surface area is 321 Å². The minimum atomic E-state index is -2.94. The average Bonchev–Trinajstić information content (AvgIpc) is 3.46. The summed E-state index contributed by atoms with van der Waals surface area (Å²) in [6, 6.07) is 0. The third-order valence-electron chi connectivity index (χ3n) is 17.7. The summed E-state index contributed by atoms with van der Waals surface area (Å²) in [4.78, 5) is 18.7. The summed E-state index contributed by atoms with van der Waals surface area (Å²) >= 11 is 0. The van der Waals surface area contributed by atoms with E-state index in [0.29, 0.717) is 52.8 Å². The summed E-state index contributed by atoms with van der Waals surface area (Å²) in [6.45, 7) is 25.7. The van der Waals surface area contributed by atoms with Gasteiger partial charge in [-0.2, -0.15) is 9.59 Å². The molecule has 1 unspecified atom stereocenters. The molecule has 4 saturated carbocycles. The molecule has 5 fully saturated rings. The van der Waals surface area contributed by atoms with Crippen molar-refractivity contribution in [2.75, 3.05) is 32.4 Å². The lowest BCUT2D eigenvalue weighted by atomic mass is 9.33. The molecule has 1 saturated heterocycles. The van der Waals surface area contributed by atoms with E-state index in [9.17, 15) is 12.8 Å². The zero-order chi connectivity index (χ0) is 38.8. The molecule has 6 aliphatic carbocycles. The van der Waals surface area contributed by atoms with Crippen LogP contribution in [0.4, 0.5) is 4.39 Å². The lowest BCUT2D eigenvalue weighted by molar-refractivity contribution is -0.221. The minimum absolute atomic E-state index is 0.115. The molecule has 7 rings (SSSR count). The van der Waals surface area contributed by atoms with E-state index in [2.05, 4.69) is 70.5 Å². The highest BCUT2D eigenvalue weighted by Crippen LogP contribution is 2.76. The molecule has 1 heterocycles. The fourth-order valence-electron chi connectivity index (χ4n) is 14.8. The van der Waals surface area contributed by atoms with Gasteiger partial charge in [-0.25, -0.2) is 12.8 Å². The van der Waals surface area contributed by atoms with Crippen LogP contribution in [0.15, 0.2) is 35.5 Å². The molecule has 0 spiro atoms. The summed E-state index contributed by atoms with van der Waals surface area (Å²) < 4.78 is 39.1. The molecule has 53 heavy (non-hydrogen) atoms. The third kappa shape index (κ3) is 6.94. The van der Waals surface area contributed by atoms with Crippen LogP contribution in [0, 0.1) is 51.2 Å². The van der Waals surface area contributed by atoms with Gasteiger partial charge >= 0.3 is 6.15 Å². The maximum Gasteiger partial charge on any atom is 0.373 e. The van der Waals surface area contributed by atoms with Gasteiger partial charge in [0.15, 0.2) is 0 Å². The highest BCUT2D eigenvalue weighted by molar-refractivity contribution is 7.91. The second-order valence-electron chi connectivity index (χ2n) is 20.6. The van der Waals surface area contributed by atoms with Crippen LogP contribution in [0.3, 0.4) is 0 Å². The monoisotopic (exact) mass is 755 g/mol. The van der Waals surface area contributed by atoms with E-state index in [0.717, 1.165) is 51.4 Å². The third-order valence-corrected chi connectivity index (χ3v) is 19.4. The first kappa shape index (κ1) is 41.0. The molecule has 0 radical (unpaired) electrons.